The van der Waals surface area contributed by atoms with E-state index in [-0.39, 0.29) is 5.69 Å². The first-order valence-corrected chi connectivity index (χ1v) is 5.51. The van der Waals surface area contributed by atoms with Gasteiger partial charge in [0, 0.05) is 25.4 Å². The van der Waals surface area contributed by atoms with E-state index in [1.165, 1.54) is 18.3 Å². The lowest BCUT2D eigenvalue weighted by Gasteiger charge is -2.08. The first-order chi connectivity index (χ1) is 9.10. The van der Waals surface area contributed by atoms with Crippen molar-refractivity contribution >= 4 is 11.6 Å². The van der Waals surface area contributed by atoms with E-state index < -0.39 is 11.7 Å². The number of rotatable bonds is 4. The summed E-state index contributed by atoms with van der Waals surface area (Å²) in [6.07, 6.45) is 1.40. The molecule has 1 heterocycles. The van der Waals surface area contributed by atoms with Gasteiger partial charge in [-0.3, -0.25) is 9.78 Å². The number of anilines is 1. The summed E-state index contributed by atoms with van der Waals surface area (Å²) >= 11 is 0. The molecular formula is C13H12FN3O2. The Morgan fingerprint density at radius 2 is 2.05 bits per heavy atom. The maximum atomic E-state index is 13.5. The molecule has 0 aliphatic rings. The minimum atomic E-state index is -0.651. The van der Waals surface area contributed by atoms with E-state index in [4.69, 9.17) is 10.5 Å². The zero-order valence-electron chi connectivity index (χ0n) is 10.2. The minimum absolute atomic E-state index is 0.0878. The number of aromatic nitrogens is 1. The van der Waals surface area contributed by atoms with Crippen molar-refractivity contribution in [1.29, 1.82) is 0 Å². The van der Waals surface area contributed by atoms with E-state index >= 15 is 0 Å². The monoisotopic (exact) mass is 261 g/mol. The van der Waals surface area contributed by atoms with Gasteiger partial charge in [-0.25, -0.2) is 4.39 Å². The van der Waals surface area contributed by atoms with Crippen molar-refractivity contribution in [2.24, 2.45) is 5.73 Å². The molecule has 1 aromatic heterocycles. The van der Waals surface area contributed by atoms with Gasteiger partial charge in [-0.05, 0) is 18.2 Å². The molecule has 0 saturated carbocycles. The number of carbonyl (C=O) groups is 1. The average Bonchev–Trinajstić information content (AvgIpc) is 2.39. The smallest absolute Gasteiger partial charge is 0.267 e. The molecule has 5 nitrogen and oxygen atoms in total. The molecule has 0 spiro atoms. The number of primary amides is 1. The minimum Gasteiger partial charge on any atom is -0.457 e. The average molecular weight is 261 g/mol. The fraction of sp³-hybridized carbons (Fsp3) is 0.0769. The van der Waals surface area contributed by atoms with Gasteiger partial charge in [-0.1, -0.05) is 0 Å². The highest BCUT2D eigenvalue weighted by Gasteiger charge is 2.06. The third-order valence-corrected chi connectivity index (χ3v) is 2.43. The van der Waals surface area contributed by atoms with Crippen LogP contribution in [-0.2, 0) is 0 Å². The third kappa shape index (κ3) is 2.98. The molecule has 0 atom stereocenters. The summed E-state index contributed by atoms with van der Waals surface area (Å²) in [4.78, 5) is 14.8. The molecule has 0 aliphatic heterocycles. The van der Waals surface area contributed by atoms with Crippen molar-refractivity contribution in [3.8, 4) is 11.5 Å². The summed E-state index contributed by atoms with van der Waals surface area (Å²) in [5, 5.41) is 2.71. The fourth-order valence-electron chi connectivity index (χ4n) is 1.51. The summed E-state index contributed by atoms with van der Waals surface area (Å²) in [5.74, 6) is -0.398. The molecule has 1 aromatic carbocycles. The van der Waals surface area contributed by atoms with Crippen LogP contribution < -0.4 is 15.8 Å². The molecule has 0 bridgehead atoms. The molecule has 98 valence electrons. The number of ether oxygens (including phenoxy) is 1. The lowest BCUT2D eigenvalue weighted by molar-refractivity contribution is 0.0995. The van der Waals surface area contributed by atoms with Gasteiger partial charge in [-0.2, -0.15) is 0 Å². The van der Waals surface area contributed by atoms with Crippen molar-refractivity contribution < 1.29 is 13.9 Å². The van der Waals surface area contributed by atoms with Gasteiger partial charge >= 0.3 is 0 Å². The lowest BCUT2D eigenvalue weighted by Crippen LogP contribution is -2.12. The Bertz CT molecular complexity index is 617. The van der Waals surface area contributed by atoms with Crippen LogP contribution in [0.2, 0.25) is 0 Å². The number of pyridine rings is 1. The molecule has 2 rings (SSSR count). The Morgan fingerprint density at radius 1 is 1.32 bits per heavy atom. The topological polar surface area (TPSA) is 77.2 Å². The lowest BCUT2D eigenvalue weighted by atomic mass is 10.3. The number of hydrogen-bond donors (Lipinski definition) is 2. The van der Waals surface area contributed by atoms with Gasteiger partial charge in [0.15, 0.2) is 0 Å². The van der Waals surface area contributed by atoms with Crippen LogP contribution in [0.25, 0.3) is 0 Å². The highest BCUT2D eigenvalue weighted by atomic mass is 19.1. The first kappa shape index (κ1) is 12.8. The van der Waals surface area contributed by atoms with Crippen molar-refractivity contribution in [2.45, 2.75) is 0 Å². The second-order valence-corrected chi connectivity index (χ2v) is 3.73. The normalized spacial score (nSPS) is 10.0. The second kappa shape index (κ2) is 5.34. The number of amides is 1. The molecule has 3 N–H and O–H groups in total. The number of carbonyl (C=O) groups excluding carboxylic acids is 1. The fourth-order valence-corrected chi connectivity index (χ4v) is 1.51. The first-order valence-electron chi connectivity index (χ1n) is 5.51. The number of hydrogen-bond acceptors (Lipinski definition) is 4. The second-order valence-electron chi connectivity index (χ2n) is 3.73. The Kier molecular flexibility index (Phi) is 3.61. The van der Waals surface area contributed by atoms with E-state index in [0.29, 0.717) is 17.2 Å². The molecule has 19 heavy (non-hydrogen) atoms. The van der Waals surface area contributed by atoms with Crippen LogP contribution in [-0.4, -0.2) is 17.9 Å². The standard InChI is InChI=1S/C13H12FN3O2/c1-16-11-3-2-8(6-10(11)14)19-9-4-5-17-12(7-9)13(15)18/h2-7,16H,1H3,(H2,15,18). The predicted octanol–water partition coefficient (Wildman–Crippen LogP) is 2.15. The van der Waals surface area contributed by atoms with Gasteiger partial charge in [0.2, 0.25) is 0 Å². The summed E-state index contributed by atoms with van der Waals surface area (Å²) in [6.45, 7) is 0. The number of halogens is 1. The van der Waals surface area contributed by atoms with Gasteiger partial charge < -0.3 is 15.8 Å². The van der Waals surface area contributed by atoms with Gasteiger partial charge in [-0.15, -0.1) is 0 Å². The SMILES string of the molecule is CNc1ccc(Oc2ccnc(C(N)=O)c2)cc1F. The number of benzene rings is 1. The van der Waals surface area contributed by atoms with Crippen molar-refractivity contribution in [1.82, 2.24) is 4.98 Å². The zero-order chi connectivity index (χ0) is 13.8. The van der Waals surface area contributed by atoms with E-state index in [1.54, 1.807) is 25.2 Å². The summed E-state index contributed by atoms with van der Waals surface area (Å²) < 4.78 is 19.0. The summed E-state index contributed by atoms with van der Waals surface area (Å²) in [5.41, 5.74) is 5.58. The summed E-state index contributed by atoms with van der Waals surface area (Å²) in [7, 11) is 1.63. The largest absolute Gasteiger partial charge is 0.457 e. The summed E-state index contributed by atoms with van der Waals surface area (Å²) in [6, 6.07) is 7.36. The Balaban J connectivity index is 2.23. The molecule has 6 heteroatoms. The molecule has 0 fully saturated rings. The van der Waals surface area contributed by atoms with Crippen LogP contribution in [0, 0.1) is 5.82 Å². The van der Waals surface area contributed by atoms with Crippen molar-refractivity contribution in [3.63, 3.8) is 0 Å². The third-order valence-electron chi connectivity index (χ3n) is 2.43. The van der Waals surface area contributed by atoms with Gasteiger partial charge in [0.05, 0.1) is 5.69 Å². The van der Waals surface area contributed by atoms with Crippen molar-refractivity contribution in [3.05, 3.63) is 48.0 Å². The Hall–Kier alpha value is -2.63. The van der Waals surface area contributed by atoms with Crippen LogP contribution in [0.3, 0.4) is 0 Å². The quantitative estimate of drug-likeness (QED) is 0.884. The van der Waals surface area contributed by atoms with E-state index in [1.807, 2.05) is 0 Å². The van der Waals surface area contributed by atoms with Crippen LogP contribution >= 0.6 is 0 Å². The molecule has 1 amide bonds. The van der Waals surface area contributed by atoms with Crippen LogP contribution in [0.4, 0.5) is 10.1 Å². The van der Waals surface area contributed by atoms with Crippen LogP contribution in [0.1, 0.15) is 10.5 Å². The molecule has 0 saturated heterocycles. The Morgan fingerprint density at radius 3 is 2.68 bits per heavy atom. The molecule has 2 aromatic rings. The van der Waals surface area contributed by atoms with E-state index in [9.17, 15) is 9.18 Å². The number of nitrogens with two attached hydrogens (primary N) is 1. The maximum absolute atomic E-state index is 13.5. The molecular weight excluding hydrogens is 249 g/mol. The van der Waals surface area contributed by atoms with E-state index in [2.05, 4.69) is 10.3 Å². The maximum Gasteiger partial charge on any atom is 0.267 e. The van der Waals surface area contributed by atoms with E-state index in [0.717, 1.165) is 0 Å². The number of nitrogens with zero attached hydrogens (tertiary/aromatic N) is 1. The highest BCUT2D eigenvalue weighted by Crippen LogP contribution is 2.25. The Labute approximate surface area is 109 Å². The van der Waals surface area contributed by atoms with Crippen LogP contribution in [0.5, 0.6) is 11.5 Å². The number of nitrogens with one attached hydrogen (secondary N) is 1. The molecule has 0 unspecified atom stereocenters. The highest BCUT2D eigenvalue weighted by molar-refractivity contribution is 5.91. The van der Waals surface area contributed by atoms with Gasteiger partial charge in [0.25, 0.3) is 5.91 Å². The van der Waals surface area contributed by atoms with Crippen LogP contribution in [0.15, 0.2) is 36.5 Å². The zero-order valence-corrected chi connectivity index (χ0v) is 10.2. The molecule has 0 radical (unpaired) electrons. The molecule has 0 aliphatic carbocycles. The van der Waals surface area contributed by atoms with Crippen molar-refractivity contribution in [2.75, 3.05) is 12.4 Å². The predicted molar refractivity (Wildman–Crippen MR) is 68.8 cm³/mol. The van der Waals surface area contributed by atoms with Gasteiger partial charge in [0.1, 0.15) is 23.0 Å².